The molecule has 0 saturated heterocycles. The van der Waals surface area contributed by atoms with Crippen molar-refractivity contribution in [3.05, 3.63) is 63.2 Å². The molecule has 0 aromatic heterocycles. The number of anilines is 1. The Labute approximate surface area is 159 Å². The van der Waals surface area contributed by atoms with Crippen molar-refractivity contribution >= 4 is 56.7 Å². The van der Waals surface area contributed by atoms with Crippen LogP contribution in [0.15, 0.2) is 58.7 Å². The number of carbonyl (C=O) groups excluding carboxylic acids is 1. The molecule has 0 fully saturated rings. The normalized spacial score (nSPS) is 12.0. The molecule has 0 saturated carbocycles. The summed E-state index contributed by atoms with van der Waals surface area (Å²) in [6, 6.07) is 14.9. The molecule has 2 rings (SSSR count). The van der Waals surface area contributed by atoms with E-state index in [1.807, 2.05) is 43.3 Å². The van der Waals surface area contributed by atoms with Gasteiger partial charge in [0.15, 0.2) is 5.17 Å². The first-order valence-electron chi connectivity index (χ1n) is 7.12. The van der Waals surface area contributed by atoms with Gasteiger partial charge in [0.2, 0.25) is 0 Å². The minimum absolute atomic E-state index is 0.165. The smallest absolute Gasteiger partial charge is 0.271 e. The van der Waals surface area contributed by atoms with Gasteiger partial charge in [-0.3, -0.25) is 10.2 Å². The molecule has 1 amide bonds. The van der Waals surface area contributed by atoms with Gasteiger partial charge in [-0.15, -0.1) is 0 Å². The van der Waals surface area contributed by atoms with E-state index < -0.39 is 0 Å². The summed E-state index contributed by atoms with van der Waals surface area (Å²) < 4.78 is 1.13. The van der Waals surface area contributed by atoms with E-state index in [1.165, 1.54) is 0 Å². The first-order valence-corrected chi connectivity index (χ1v) is 8.58. The van der Waals surface area contributed by atoms with Gasteiger partial charge < -0.3 is 0 Å². The van der Waals surface area contributed by atoms with Gasteiger partial charge in [-0.2, -0.15) is 10.2 Å². The Morgan fingerprint density at radius 3 is 2.29 bits per heavy atom. The number of hydrogen-bond acceptors (Lipinski definition) is 4. The molecule has 0 aliphatic heterocycles. The van der Waals surface area contributed by atoms with E-state index in [2.05, 4.69) is 43.6 Å². The van der Waals surface area contributed by atoms with Gasteiger partial charge in [0.05, 0.1) is 11.4 Å². The van der Waals surface area contributed by atoms with E-state index in [-0.39, 0.29) is 11.1 Å². The summed E-state index contributed by atoms with van der Waals surface area (Å²) in [7, 11) is 0. The Kier molecular flexibility index (Phi) is 6.74. The van der Waals surface area contributed by atoms with Crippen LogP contribution in [0.5, 0.6) is 0 Å². The fourth-order valence-electron chi connectivity index (χ4n) is 1.67. The Morgan fingerprint density at radius 2 is 1.67 bits per heavy atom. The highest BCUT2D eigenvalue weighted by Crippen LogP contribution is 2.11. The molecule has 0 aliphatic rings. The van der Waals surface area contributed by atoms with Crippen LogP contribution in [0.2, 0.25) is 0 Å². The van der Waals surface area contributed by atoms with Crippen molar-refractivity contribution in [2.24, 2.45) is 10.2 Å². The topological polar surface area (TPSA) is 65.8 Å². The van der Waals surface area contributed by atoms with Crippen LogP contribution in [-0.4, -0.2) is 16.8 Å². The number of rotatable bonds is 5. The number of aryl methyl sites for hydroxylation is 1. The van der Waals surface area contributed by atoms with Gasteiger partial charge in [0.25, 0.3) is 5.91 Å². The molecule has 0 unspecified atom stereocenters. The lowest BCUT2D eigenvalue weighted by atomic mass is 10.1. The molecule has 0 spiro atoms. The second-order valence-electron chi connectivity index (χ2n) is 5.03. The van der Waals surface area contributed by atoms with Crippen LogP contribution in [0.4, 0.5) is 5.69 Å². The molecule has 7 heteroatoms. The van der Waals surface area contributed by atoms with Crippen molar-refractivity contribution in [2.75, 3.05) is 5.43 Å². The molecular weight excluding hydrogens is 439 g/mol. The standard InChI is InChI=1S/C17H16ClIN4O/c1-11-3-5-13(6-4-11)17(24)23-20-12(2)16(18)22-21-15-9-7-14(19)8-10-15/h3-10,21H,1-2H3,(H,23,24)/b20-12+,22-16-. The predicted octanol–water partition coefficient (Wildman–Crippen LogP) is 4.37. The third-order valence-corrected chi connectivity index (χ3v) is 4.14. The number of hydrogen-bond donors (Lipinski definition) is 2. The Morgan fingerprint density at radius 1 is 1.04 bits per heavy atom. The van der Waals surface area contributed by atoms with E-state index in [4.69, 9.17) is 11.6 Å². The van der Waals surface area contributed by atoms with Gasteiger partial charge in [0, 0.05) is 9.13 Å². The van der Waals surface area contributed by atoms with Crippen LogP contribution in [0.25, 0.3) is 0 Å². The molecule has 124 valence electrons. The van der Waals surface area contributed by atoms with E-state index in [9.17, 15) is 4.79 Å². The maximum absolute atomic E-state index is 12.0. The van der Waals surface area contributed by atoms with Crippen molar-refractivity contribution in [3.63, 3.8) is 0 Å². The molecule has 0 aliphatic carbocycles. The minimum atomic E-state index is -0.301. The number of nitrogens with one attached hydrogen (secondary N) is 2. The molecule has 2 aromatic rings. The van der Waals surface area contributed by atoms with Crippen LogP contribution >= 0.6 is 34.2 Å². The van der Waals surface area contributed by atoms with Crippen molar-refractivity contribution in [1.82, 2.24) is 5.43 Å². The van der Waals surface area contributed by atoms with Crippen LogP contribution < -0.4 is 10.9 Å². The lowest BCUT2D eigenvalue weighted by Crippen LogP contribution is -2.20. The second kappa shape index (κ2) is 8.79. The van der Waals surface area contributed by atoms with Gasteiger partial charge >= 0.3 is 0 Å². The molecule has 0 radical (unpaired) electrons. The lowest BCUT2D eigenvalue weighted by Gasteiger charge is -2.03. The summed E-state index contributed by atoms with van der Waals surface area (Å²) in [5.74, 6) is -0.301. The average molecular weight is 455 g/mol. The molecule has 24 heavy (non-hydrogen) atoms. The second-order valence-corrected chi connectivity index (χ2v) is 6.63. The fraction of sp³-hybridized carbons (Fsp3) is 0.118. The molecule has 0 heterocycles. The first-order chi connectivity index (χ1) is 11.5. The zero-order valence-corrected chi connectivity index (χ0v) is 16.1. The largest absolute Gasteiger partial charge is 0.277 e. The molecule has 0 bridgehead atoms. The Hall–Kier alpha value is -1.93. The number of hydrazone groups is 2. The van der Waals surface area contributed by atoms with Gasteiger partial charge in [0.1, 0.15) is 0 Å². The summed E-state index contributed by atoms with van der Waals surface area (Å²) in [6.45, 7) is 3.62. The van der Waals surface area contributed by atoms with Crippen molar-refractivity contribution in [3.8, 4) is 0 Å². The van der Waals surface area contributed by atoms with Crippen molar-refractivity contribution in [2.45, 2.75) is 13.8 Å². The summed E-state index contributed by atoms with van der Waals surface area (Å²) in [5, 5.41) is 8.16. The SMILES string of the molecule is CC(=N\NC(=O)c1ccc(C)cc1)/C(Cl)=N/Nc1ccc(I)cc1. The maximum Gasteiger partial charge on any atom is 0.271 e. The summed E-state index contributed by atoms with van der Waals surface area (Å²) >= 11 is 8.29. The number of carbonyl (C=O) groups is 1. The van der Waals surface area contributed by atoms with Gasteiger partial charge in [-0.05, 0) is 72.8 Å². The minimum Gasteiger partial charge on any atom is -0.277 e. The highest BCUT2D eigenvalue weighted by molar-refractivity contribution is 14.1. The summed E-state index contributed by atoms with van der Waals surface area (Å²) in [4.78, 5) is 12.0. The highest BCUT2D eigenvalue weighted by Gasteiger charge is 2.05. The van der Waals surface area contributed by atoms with Crippen molar-refractivity contribution in [1.29, 1.82) is 0 Å². The van der Waals surface area contributed by atoms with E-state index >= 15 is 0 Å². The lowest BCUT2D eigenvalue weighted by molar-refractivity contribution is 0.0955. The van der Waals surface area contributed by atoms with E-state index in [0.717, 1.165) is 14.8 Å². The number of amides is 1. The first kappa shape index (κ1) is 18.4. The predicted molar refractivity (Wildman–Crippen MR) is 108 cm³/mol. The Balaban J connectivity index is 1.96. The van der Waals surface area contributed by atoms with Gasteiger partial charge in [-0.1, -0.05) is 29.3 Å². The van der Waals surface area contributed by atoms with Gasteiger partial charge in [-0.25, -0.2) is 5.43 Å². The quantitative estimate of drug-likeness (QED) is 0.400. The summed E-state index contributed by atoms with van der Waals surface area (Å²) in [6.07, 6.45) is 0. The van der Waals surface area contributed by atoms with Crippen LogP contribution in [0.1, 0.15) is 22.8 Å². The molecule has 2 aromatic carbocycles. The monoisotopic (exact) mass is 454 g/mol. The highest BCUT2D eigenvalue weighted by atomic mass is 127. The fourth-order valence-corrected chi connectivity index (χ4v) is 2.11. The van der Waals surface area contributed by atoms with Crippen LogP contribution in [0.3, 0.4) is 0 Å². The molecular formula is C17H16ClIN4O. The molecule has 2 N–H and O–H groups in total. The summed E-state index contributed by atoms with van der Waals surface area (Å²) in [5.41, 5.74) is 8.12. The number of benzene rings is 2. The van der Waals surface area contributed by atoms with Crippen LogP contribution in [-0.2, 0) is 0 Å². The third kappa shape index (κ3) is 5.61. The molecule has 0 atom stereocenters. The Bertz CT molecular complexity index is 770. The zero-order valence-electron chi connectivity index (χ0n) is 13.2. The van der Waals surface area contributed by atoms with Crippen LogP contribution in [0, 0.1) is 10.5 Å². The number of nitrogens with zero attached hydrogens (tertiary/aromatic N) is 2. The average Bonchev–Trinajstić information content (AvgIpc) is 2.59. The van der Waals surface area contributed by atoms with E-state index in [1.54, 1.807) is 19.1 Å². The van der Waals surface area contributed by atoms with Crippen molar-refractivity contribution < 1.29 is 4.79 Å². The zero-order chi connectivity index (χ0) is 17.5. The number of halogens is 2. The van der Waals surface area contributed by atoms with E-state index in [0.29, 0.717) is 11.3 Å². The third-order valence-electron chi connectivity index (χ3n) is 3.06. The maximum atomic E-state index is 12.0. The molecule has 5 nitrogen and oxygen atoms in total.